The summed E-state index contributed by atoms with van der Waals surface area (Å²) in [6.45, 7) is 0.697. The average Bonchev–Trinajstić information content (AvgIpc) is 3.38. The summed E-state index contributed by atoms with van der Waals surface area (Å²) in [5, 5.41) is 8.24. The Morgan fingerprint density at radius 3 is 2.04 bits per heavy atom. The Balaban J connectivity index is 1.35. The molecule has 0 N–H and O–H groups in total. The van der Waals surface area contributed by atoms with Crippen LogP contribution in [0.25, 0.3) is 22.3 Å². The zero-order valence-electron chi connectivity index (χ0n) is 14.4. The predicted molar refractivity (Wildman–Crippen MR) is 107 cm³/mol. The van der Waals surface area contributed by atoms with Crippen LogP contribution in [-0.2, 0) is 6.54 Å². The van der Waals surface area contributed by atoms with Crippen molar-refractivity contribution in [3.63, 3.8) is 0 Å². The molecule has 0 fully saturated rings. The van der Waals surface area contributed by atoms with E-state index < -0.39 is 0 Å². The Bertz CT molecular complexity index is 1060. The van der Waals surface area contributed by atoms with Crippen LogP contribution in [0.4, 0.5) is 5.69 Å². The summed E-state index contributed by atoms with van der Waals surface area (Å²) in [4.78, 5) is 0. The minimum atomic E-state index is 0.697. The molecule has 0 radical (unpaired) electrons. The van der Waals surface area contributed by atoms with E-state index in [0.717, 1.165) is 12.1 Å². The Morgan fingerprint density at radius 2 is 1.27 bits per heavy atom. The summed E-state index contributed by atoms with van der Waals surface area (Å²) >= 11 is 0. The SMILES string of the molecule is C1=C(c2ccccc2)CC(c2ccc(-c3ccc4c(c3)CN=N4)cc2)=C1. The van der Waals surface area contributed by atoms with E-state index in [1.54, 1.807) is 0 Å². The second-order valence-electron chi connectivity index (χ2n) is 6.75. The zero-order valence-corrected chi connectivity index (χ0v) is 14.4. The van der Waals surface area contributed by atoms with Crippen LogP contribution < -0.4 is 0 Å². The average molecular weight is 334 g/mol. The molecule has 1 heterocycles. The minimum absolute atomic E-state index is 0.697. The van der Waals surface area contributed by atoms with Gasteiger partial charge >= 0.3 is 0 Å². The first kappa shape index (κ1) is 15.0. The van der Waals surface area contributed by atoms with Crippen LogP contribution in [0.3, 0.4) is 0 Å². The van der Waals surface area contributed by atoms with Crippen molar-refractivity contribution < 1.29 is 0 Å². The van der Waals surface area contributed by atoms with Gasteiger partial charge in [0, 0.05) is 5.56 Å². The van der Waals surface area contributed by atoms with Crippen LogP contribution in [-0.4, -0.2) is 0 Å². The van der Waals surface area contributed by atoms with Crippen molar-refractivity contribution in [2.75, 3.05) is 0 Å². The number of hydrogen-bond acceptors (Lipinski definition) is 2. The summed E-state index contributed by atoms with van der Waals surface area (Å²) < 4.78 is 0. The number of benzene rings is 3. The van der Waals surface area contributed by atoms with Crippen LogP contribution in [0.15, 0.2) is 95.2 Å². The molecule has 0 unspecified atom stereocenters. The largest absolute Gasteiger partial charge is 0.184 e. The topological polar surface area (TPSA) is 24.7 Å². The lowest BCUT2D eigenvalue weighted by Crippen LogP contribution is -1.86. The van der Waals surface area contributed by atoms with Gasteiger partial charge in [-0.1, -0.05) is 72.8 Å². The number of allylic oxidation sites excluding steroid dienone is 4. The van der Waals surface area contributed by atoms with Gasteiger partial charge in [0.25, 0.3) is 0 Å². The monoisotopic (exact) mass is 334 g/mol. The molecule has 0 saturated heterocycles. The third-order valence-corrected chi connectivity index (χ3v) is 5.10. The van der Waals surface area contributed by atoms with Gasteiger partial charge in [0.1, 0.15) is 0 Å². The number of fused-ring (bicyclic) bond motifs is 1. The lowest BCUT2D eigenvalue weighted by molar-refractivity contribution is 1.04. The fourth-order valence-corrected chi connectivity index (χ4v) is 3.63. The maximum Gasteiger partial charge on any atom is 0.0904 e. The molecule has 2 heteroatoms. The van der Waals surface area contributed by atoms with Gasteiger partial charge in [-0.15, -0.1) is 0 Å². The van der Waals surface area contributed by atoms with Gasteiger partial charge in [0.2, 0.25) is 0 Å². The fraction of sp³-hybridized carbons (Fsp3) is 0.0833. The number of rotatable bonds is 3. The molecule has 124 valence electrons. The number of nitrogens with zero attached hydrogens (tertiary/aromatic N) is 2. The first-order valence-electron chi connectivity index (χ1n) is 8.93. The van der Waals surface area contributed by atoms with Crippen molar-refractivity contribution in [1.29, 1.82) is 0 Å². The van der Waals surface area contributed by atoms with Crippen LogP contribution in [0.2, 0.25) is 0 Å². The molecule has 0 bridgehead atoms. The Labute approximate surface area is 153 Å². The molecule has 5 rings (SSSR count). The lowest BCUT2D eigenvalue weighted by Gasteiger charge is -2.08. The van der Waals surface area contributed by atoms with Crippen molar-refractivity contribution in [1.82, 2.24) is 0 Å². The molecule has 0 amide bonds. The second kappa shape index (κ2) is 6.23. The minimum Gasteiger partial charge on any atom is -0.184 e. The lowest BCUT2D eigenvalue weighted by atomic mass is 9.96. The summed E-state index contributed by atoms with van der Waals surface area (Å²) in [6.07, 6.45) is 5.48. The predicted octanol–water partition coefficient (Wildman–Crippen LogP) is 6.82. The smallest absolute Gasteiger partial charge is 0.0904 e. The van der Waals surface area contributed by atoms with E-state index >= 15 is 0 Å². The molecule has 1 aliphatic carbocycles. The fourth-order valence-electron chi connectivity index (χ4n) is 3.63. The first-order valence-corrected chi connectivity index (χ1v) is 8.93. The molecular weight excluding hydrogens is 316 g/mol. The molecule has 2 nitrogen and oxygen atoms in total. The zero-order chi connectivity index (χ0) is 17.3. The Kier molecular flexibility index (Phi) is 3.60. The molecule has 1 aliphatic heterocycles. The van der Waals surface area contributed by atoms with Crippen LogP contribution in [0.5, 0.6) is 0 Å². The molecule has 26 heavy (non-hydrogen) atoms. The van der Waals surface area contributed by atoms with Gasteiger partial charge in [-0.3, -0.25) is 0 Å². The van der Waals surface area contributed by atoms with Crippen molar-refractivity contribution >= 4 is 16.8 Å². The van der Waals surface area contributed by atoms with E-state index in [-0.39, 0.29) is 0 Å². The molecule has 0 spiro atoms. The van der Waals surface area contributed by atoms with E-state index in [1.165, 1.54) is 39.0 Å². The summed E-state index contributed by atoms with van der Waals surface area (Å²) in [5.74, 6) is 0. The van der Waals surface area contributed by atoms with Crippen LogP contribution in [0.1, 0.15) is 23.1 Å². The van der Waals surface area contributed by atoms with E-state index in [0.29, 0.717) is 6.54 Å². The summed E-state index contributed by atoms with van der Waals surface area (Å²) in [7, 11) is 0. The highest BCUT2D eigenvalue weighted by Gasteiger charge is 2.13. The molecule has 3 aromatic carbocycles. The normalized spacial score (nSPS) is 14.9. The highest BCUT2D eigenvalue weighted by molar-refractivity contribution is 5.87. The molecule has 3 aromatic rings. The van der Waals surface area contributed by atoms with Gasteiger partial charge < -0.3 is 0 Å². The Hall–Kier alpha value is -3.26. The molecule has 0 aromatic heterocycles. The molecular formula is C24H18N2. The maximum atomic E-state index is 4.14. The highest BCUT2D eigenvalue weighted by Crippen LogP contribution is 2.35. The van der Waals surface area contributed by atoms with Crippen molar-refractivity contribution in [2.24, 2.45) is 10.2 Å². The summed E-state index contributed by atoms with van der Waals surface area (Å²) in [6, 6.07) is 25.9. The molecule has 0 atom stereocenters. The summed E-state index contributed by atoms with van der Waals surface area (Å²) in [5.41, 5.74) is 10.0. The van der Waals surface area contributed by atoms with Gasteiger partial charge in [0.15, 0.2) is 0 Å². The standard InChI is InChI=1S/C24H18N2/c1-2-4-17(5-3-1)20-10-11-21(14-20)18-6-8-19(9-7-18)22-12-13-24-23(15-22)16-25-26-24/h1-13,15H,14,16H2. The van der Waals surface area contributed by atoms with Gasteiger partial charge in [0.05, 0.1) is 12.2 Å². The van der Waals surface area contributed by atoms with Crippen molar-refractivity contribution in [3.8, 4) is 11.1 Å². The van der Waals surface area contributed by atoms with Gasteiger partial charge in [-0.2, -0.15) is 10.2 Å². The first-order chi connectivity index (χ1) is 12.9. The van der Waals surface area contributed by atoms with E-state index in [4.69, 9.17) is 0 Å². The third-order valence-electron chi connectivity index (χ3n) is 5.10. The van der Waals surface area contributed by atoms with Crippen LogP contribution in [0, 0.1) is 0 Å². The van der Waals surface area contributed by atoms with Crippen molar-refractivity contribution in [3.05, 3.63) is 102 Å². The molecule has 0 saturated carbocycles. The number of azo groups is 1. The van der Waals surface area contributed by atoms with Gasteiger partial charge in [-0.25, -0.2) is 0 Å². The quantitative estimate of drug-likeness (QED) is 0.502. The van der Waals surface area contributed by atoms with Crippen LogP contribution >= 0.6 is 0 Å². The molecule has 2 aliphatic rings. The van der Waals surface area contributed by atoms with E-state index in [2.05, 4.69) is 95.2 Å². The van der Waals surface area contributed by atoms with E-state index in [9.17, 15) is 0 Å². The van der Waals surface area contributed by atoms with Gasteiger partial charge in [-0.05, 0) is 52.0 Å². The third kappa shape index (κ3) is 2.70. The highest BCUT2D eigenvalue weighted by atomic mass is 15.1. The number of hydrogen-bond donors (Lipinski definition) is 0. The Morgan fingerprint density at radius 1 is 0.615 bits per heavy atom. The van der Waals surface area contributed by atoms with Crippen molar-refractivity contribution in [2.45, 2.75) is 13.0 Å². The second-order valence-corrected chi connectivity index (χ2v) is 6.75. The maximum absolute atomic E-state index is 4.14. The van der Waals surface area contributed by atoms with E-state index in [1.807, 2.05) is 0 Å².